The van der Waals surface area contributed by atoms with E-state index in [0.29, 0.717) is 12.1 Å². The fourth-order valence-electron chi connectivity index (χ4n) is 3.73. The summed E-state index contributed by atoms with van der Waals surface area (Å²) in [5.74, 6) is -1.89. The molecule has 1 aliphatic carbocycles. The summed E-state index contributed by atoms with van der Waals surface area (Å²) in [5, 5.41) is 14.8. The molecule has 1 aliphatic rings. The summed E-state index contributed by atoms with van der Waals surface area (Å²) in [6, 6.07) is 24.9. The second-order valence-electron chi connectivity index (χ2n) is 7.71. The van der Waals surface area contributed by atoms with Crippen molar-refractivity contribution in [2.24, 2.45) is 0 Å². The molecule has 2 amide bonds. The predicted molar refractivity (Wildman–Crippen MR) is 122 cm³/mol. The molecule has 160 valence electrons. The van der Waals surface area contributed by atoms with Gasteiger partial charge in [-0.1, -0.05) is 60.7 Å². The van der Waals surface area contributed by atoms with E-state index in [-0.39, 0.29) is 23.3 Å². The van der Waals surface area contributed by atoms with Gasteiger partial charge >= 0.3 is 5.97 Å². The number of carbonyl (C=O) groups is 3. The third-order valence-electron chi connectivity index (χ3n) is 5.53. The zero-order valence-electron chi connectivity index (χ0n) is 17.2. The SMILES string of the molecule is O=C(/C=C\c1ccccc1)NC1(C(=O)Nc2ccc(C(=O)O)cc2)C[C@H]1c1ccccc1. The van der Waals surface area contributed by atoms with Crippen LogP contribution in [0.25, 0.3) is 6.08 Å². The number of benzene rings is 3. The number of carbonyl (C=O) groups excluding carboxylic acids is 2. The Hall–Kier alpha value is -4.19. The highest BCUT2D eigenvalue weighted by molar-refractivity contribution is 6.06. The summed E-state index contributed by atoms with van der Waals surface area (Å²) in [7, 11) is 0. The van der Waals surface area contributed by atoms with E-state index in [2.05, 4.69) is 10.6 Å². The molecule has 3 N–H and O–H groups in total. The molecule has 1 fully saturated rings. The van der Waals surface area contributed by atoms with Crippen LogP contribution in [-0.2, 0) is 9.59 Å². The maximum atomic E-state index is 13.2. The molecule has 0 aromatic heterocycles. The zero-order valence-corrected chi connectivity index (χ0v) is 17.2. The van der Waals surface area contributed by atoms with Crippen molar-refractivity contribution in [3.05, 3.63) is 108 Å². The Morgan fingerprint density at radius 1 is 0.875 bits per heavy atom. The van der Waals surface area contributed by atoms with Crippen molar-refractivity contribution < 1.29 is 19.5 Å². The number of rotatable bonds is 7. The number of carboxylic acids is 1. The maximum absolute atomic E-state index is 13.2. The molecule has 0 aliphatic heterocycles. The summed E-state index contributed by atoms with van der Waals surface area (Å²) in [6.07, 6.45) is 3.60. The fourth-order valence-corrected chi connectivity index (χ4v) is 3.73. The van der Waals surface area contributed by atoms with Crippen molar-refractivity contribution in [1.82, 2.24) is 5.32 Å². The summed E-state index contributed by atoms with van der Waals surface area (Å²) in [6.45, 7) is 0. The summed E-state index contributed by atoms with van der Waals surface area (Å²) >= 11 is 0. The lowest BCUT2D eigenvalue weighted by Crippen LogP contribution is -2.47. The first-order chi connectivity index (χ1) is 15.5. The Morgan fingerprint density at radius 3 is 2.12 bits per heavy atom. The van der Waals surface area contributed by atoms with Gasteiger partial charge in [-0.25, -0.2) is 4.79 Å². The molecule has 0 bridgehead atoms. The van der Waals surface area contributed by atoms with Crippen LogP contribution in [0.1, 0.15) is 33.8 Å². The normalized spacial score (nSPS) is 19.3. The van der Waals surface area contributed by atoms with Gasteiger partial charge in [-0.05, 0) is 47.9 Å². The Labute approximate surface area is 185 Å². The van der Waals surface area contributed by atoms with Gasteiger partial charge in [-0.3, -0.25) is 9.59 Å². The lowest BCUT2D eigenvalue weighted by Gasteiger charge is -2.19. The molecule has 0 spiro atoms. The molecule has 0 radical (unpaired) electrons. The van der Waals surface area contributed by atoms with Crippen molar-refractivity contribution in [2.75, 3.05) is 5.32 Å². The predicted octanol–water partition coefficient (Wildman–Crippen LogP) is 4.08. The lowest BCUT2D eigenvalue weighted by molar-refractivity contribution is -0.124. The number of anilines is 1. The van der Waals surface area contributed by atoms with Gasteiger partial charge in [0.05, 0.1) is 5.56 Å². The van der Waals surface area contributed by atoms with E-state index in [1.807, 2.05) is 60.7 Å². The lowest BCUT2D eigenvalue weighted by atomic mass is 10.0. The fraction of sp³-hybridized carbons (Fsp3) is 0.115. The largest absolute Gasteiger partial charge is 0.478 e. The Bertz CT molecular complexity index is 1160. The first kappa shape index (κ1) is 21.1. The maximum Gasteiger partial charge on any atom is 0.335 e. The van der Waals surface area contributed by atoms with Gasteiger partial charge in [-0.15, -0.1) is 0 Å². The van der Waals surface area contributed by atoms with Crippen LogP contribution in [-0.4, -0.2) is 28.4 Å². The third-order valence-corrected chi connectivity index (χ3v) is 5.53. The monoisotopic (exact) mass is 426 g/mol. The Morgan fingerprint density at radius 2 is 1.50 bits per heavy atom. The molecule has 0 saturated heterocycles. The first-order valence-electron chi connectivity index (χ1n) is 10.2. The average Bonchev–Trinajstić information content (AvgIpc) is 3.54. The van der Waals surface area contributed by atoms with Crippen LogP contribution in [0.5, 0.6) is 0 Å². The summed E-state index contributed by atoms with van der Waals surface area (Å²) in [5.41, 5.74) is 1.37. The van der Waals surface area contributed by atoms with Gasteiger partial charge < -0.3 is 15.7 Å². The van der Waals surface area contributed by atoms with E-state index in [1.165, 1.54) is 30.3 Å². The number of hydrogen-bond donors (Lipinski definition) is 3. The number of hydrogen-bond acceptors (Lipinski definition) is 3. The summed E-state index contributed by atoms with van der Waals surface area (Å²) in [4.78, 5) is 37.0. The Balaban J connectivity index is 1.53. The molecule has 3 aromatic carbocycles. The van der Waals surface area contributed by atoms with Crippen molar-refractivity contribution in [2.45, 2.75) is 17.9 Å². The van der Waals surface area contributed by atoms with Crippen molar-refractivity contribution in [3.8, 4) is 0 Å². The Kier molecular flexibility index (Phi) is 5.85. The molecule has 32 heavy (non-hydrogen) atoms. The highest BCUT2D eigenvalue weighted by atomic mass is 16.4. The second kappa shape index (κ2) is 8.89. The number of nitrogens with one attached hydrogen (secondary N) is 2. The molecular weight excluding hydrogens is 404 g/mol. The second-order valence-corrected chi connectivity index (χ2v) is 7.71. The minimum absolute atomic E-state index is 0.130. The minimum atomic E-state index is -1.08. The van der Waals surface area contributed by atoms with E-state index in [0.717, 1.165) is 11.1 Å². The van der Waals surface area contributed by atoms with Crippen LogP contribution >= 0.6 is 0 Å². The smallest absolute Gasteiger partial charge is 0.335 e. The molecule has 2 atom stereocenters. The van der Waals surface area contributed by atoms with E-state index in [9.17, 15) is 14.4 Å². The van der Waals surface area contributed by atoms with Gasteiger partial charge in [0.1, 0.15) is 5.54 Å². The van der Waals surface area contributed by atoms with Gasteiger partial charge in [0.25, 0.3) is 5.91 Å². The van der Waals surface area contributed by atoms with Crippen LogP contribution in [0.15, 0.2) is 91.0 Å². The highest BCUT2D eigenvalue weighted by Crippen LogP contribution is 2.52. The van der Waals surface area contributed by atoms with E-state index >= 15 is 0 Å². The van der Waals surface area contributed by atoms with Crippen molar-refractivity contribution >= 4 is 29.5 Å². The highest BCUT2D eigenvalue weighted by Gasteiger charge is 2.61. The molecular formula is C26H22N2O4. The number of amides is 2. The molecule has 3 aromatic rings. The third kappa shape index (κ3) is 4.59. The van der Waals surface area contributed by atoms with Crippen LogP contribution in [0.3, 0.4) is 0 Å². The molecule has 6 heteroatoms. The van der Waals surface area contributed by atoms with Gasteiger partial charge in [-0.2, -0.15) is 0 Å². The van der Waals surface area contributed by atoms with Crippen LogP contribution < -0.4 is 10.6 Å². The molecule has 1 unspecified atom stereocenters. The topological polar surface area (TPSA) is 95.5 Å². The number of carboxylic acid groups (broad SMARTS) is 1. The van der Waals surface area contributed by atoms with Crippen molar-refractivity contribution in [3.63, 3.8) is 0 Å². The van der Waals surface area contributed by atoms with Gasteiger partial charge in [0, 0.05) is 17.7 Å². The molecule has 1 saturated carbocycles. The van der Waals surface area contributed by atoms with Crippen LogP contribution in [0.2, 0.25) is 0 Å². The van der Waals surface area contributed by atoms with E-state index in [4.69, 9.17) is 5.11 Å². The summed E-state index contributed by atoms with van der Waals surface area (Å²) < 4.78 is 0. The quantitative estimate of drug-likeness (QED) is 0.496. The van der Waals surface area contributed by atoms with E-state index in [1.54, 1.807) is 6.08 Å². The standard InChI is InChI=1S/C26H22N2O4/c29-23(16-11-18-7-3-1-4-8-18)28-26(17-22(26)19-9-5-2-6-10-19)25(32)27-21-14-12-20(13-15-21)24(30)31/h1-16,22H,17H2,(H,27,32)(H,28,29)(H,30,31)/b16-11-/t22-,26?/m0/s1. The van der Waals surface area contributed by atoms with Crippen LogP contribution in [0.4, 0.5) is 5.69 Å². The van der Waals surface area contributed by atoms with Crippen molar-refractivity contribution in [1.29, 1.82) is 0 Å². The first-order valence-corrected chi connectivity index (χ1v) is 10.2. The minimum Gasteiger partial charge on any atom is -0.478 e. The van der Waals surface area contributed by atoms with Crippen LogP contribution in [0, 0.1) is 0 Å². The van der Waals surface area contributed by atoms with E-state index < -0.39 is 11.5 Å². The average molecular weight is 426 g/mol. The molecule has 4 rings (SSSR count). The van der Waals surface area contributed by atoms with Gasteiger partial charge in [0.15, 0.2) is 0 Å². The zero-order chi connectivity index (χ0) is 22.6. The molecule has 6 nitrogen and oxygen atoms in total. The number of aromatic carboxylic acids is 1. The van der Waals surface area contributed by atoms with Gasteiger partial charge in [0.2, 0.25) is 5.91 Å². The molecule has 0 heterocycles.